The fraction of sp³-hybridized carbons (Fsp3) is 0.583. The number of aryl methyl sites for hydroxylation is 1. The Morgan fingerprint density at radius 3 is 2.65 bits per heavy atom. The van der Waals surface area contributed by atoms with Crippen LogP contribution in [-0.4, -0.2) is 46.7 Å². The second-order valence-corrected chi connectivity index (χ2v) is 4.29. The second kappa shape index (κ2) is 9.33. The molecule has 0 bridgehead atoms. The fourth-order valence-corrected chi connectivity index (χ4v) is 1.67. The third kappa shape index (κ3) is 7.10. The average molecular weight is 306 g/mol. The monoisotopic (exact) mass is 305 g/mol. The Kier molecular flexibility index (Phi) is 8.58. The zero-order valence-corrected chi connectivity index (χ0v) is 12.4. The van der Waals surface area contributed by atoms with Crippen LogP contribution >= 0.6 is 12.4 Å². The standard InChI is InChI=1S/C12H19N3O4.ClH/c1-3-5-15(8-12(17)18)6-4-11(16)13-10-7-9(2)19-14-10;/h7H,3-6,8H2,1-2H3,(H,17,18)(H,13,14,16);1H. The van der Waals surface area contributed by atoms with Crippen LogP contribution in [-0.2, 0) is 9.59 Å². The zero-order valence-electron chi connectivity index (χ0n) is 11.6. The van der Waals surface area contributed by atoms with Crippen molar-refractivity contribution in [3.05, 3.63) is 11.8 Å². The van der Waals surface area contributed by atoms with Gasteiger partial charge in [0.15, 0.2) is 5.82 Å². The molecule has 1 amide bonds. The van der Waals surface area contributed by atoms with Crippen molar-refractivity contribution >= 4 is 30.1 Å². The van der Waals surface area contributed by atoms with E-state index in [2.05, 4.69) is 10.5 Å². The molecular formula is C12H20ClN3O4. The SMILES string of the molecule is CCCN(CCC(=O)Nc1cc(C)on1)CC(=O)O.Cl. The highest BCUT2D eigenvalue weighted by Gasteiger charge is 2.12. The van der Waals surface area contributed by atoms with E-state index in [0.29, 0.717) is 24.7 Å². The van der Waals surface area contributed by atoms with Crippen molar-refractivity contribution in [3.63, 3.8) is 0 Å². The van der Waals surface area contributed by atoms with Gasteiger partial charge in [-0.25, -0.2) is 0 Å². The maximum atomic E-state index is 11.6. The van der Waals surface area contributed by atoms with E-state index in [1.165, 1.54) is 0 Å². The largest absolute Gasteiger partial charge is 0.480 e. The number of carbonyl (C=O) groups excluding carboxylic acids is 1. The quantitative estimate of drug-likeness (QED) is 0.756. The van der Waals surface area contributed by atoms with E-state index in [-0.39, 0.29) is 31.3 Å². The van der Waals surface area contributed by atoms with Crippen molar-refractivity contribution in [2.45, 2.75) is 26.7 Å². The van der Waals surface area contributed by atoms with E-state index in [1.54, 1.807) is 17.9 Å². The maximum absolute atomic E-state index is 11.6. The number of rotatable bonds is 8. The summed E-state index contributed by atoms with van der Waals surface area (Å²) in [4.78, 5) is 24.0. The van der Waals surface area contributed by atoms with E-state index >= 15 is 0 Å². The zero-order chi connectivity index (χ0) is 14.3. The maximum Gasteiger partial charge on any atom is 0.317 e. The van der Waals surface area contributed by atoms with Crippen molar-refractivity contribution in [1.29, 1.82) is 0 Å². The Balaban J connectivity index is 0.00000361. The minimum Gasteiger partial charge on any atom is -0.480 e. The predicted octanol–water partition coefficient (Wildman–Crippen LogP) is 1.53. The molecule has 1 rings (SSSR count). The van der Waals surface area contributed by atoms with Crippen molar-refractivity contribution < 1.29 is 19.2 Å². The van der Waals surface area contributed by atoms with Crippen LogP contribution in [0.1, 0.15) is 25.5 Å². The number of carbonyl (C=O) groups is 2. The number of nitrogens with zero attached hydrogens (tertiary/aromatic N) is 2. The van der Waals surface area contributed by atoms with Crippen molar-refractivity contribution in [2.24, 2.45) is 0 Å². The van der Waals surface area contributed by atoms with Gasteiger partial charge in [0.25, 0.3) is 0 Å². The van der Waals surface area contributed by atoms with Crippen LogP contribution in [0.4, 0.5) is 5.82 Å². The van der Waals surface area contributed by atoms with Gasteiger partial charge >= 0.3 is 5.97 Å². The second-order valence-electron chi connectivity index (χ2n) is 4.29. The third-order valence-corrected chi connectivity index (χ3v) is 2.45. The molecule has 20 heavy (non-hydrogen) atoms. The summed E-state index contributed by atoms with van der Waals surface area (Å²) in [6.07, 6.45) is 1.07. The minimum absolute atomic E-state index is 0. The van der Waals surface area contributed by atoms with Gasteiger partial charge in [-0.15, -0.1) is 12.4 Å². The molecule has 0 unspecified atom stereocenters. The fourth-order valence-electron chi connectivity index (χ4n) is 1.67. The number of hydrogen-bond donors (Lipinski definition) is 2. The predicted molar refractivity (Wildman–Crippen MR) is 76.1 cm³/mol. The molecule has 0 aliphatic rings. The summed E-state index contributed by atoms with van der Waals surface area (Å²) in [6.45, 7) is 4.71. The number of carboxylic acids is 1. The van der Waals surface area contributed by atoms with E-state index < -0.39 is 5.97 Å². The number of hydrogen-bond acceptors (Lipinski definition) is 5. The van der Waals surface area contributed by atoms with Gasteiger partial charge in [0.05, 0.1) is 6.54 Å². The number of aromatic nitrogens is 1. The smallest absolute Gasteiger partial charge is 0.317 e. The van der Waals surface area contributed by atoms with E-state index in [0.717, 1.165) is 6.42 Å². The van der Waals surface area contributed by atoms with Crippen LogP contribution in [0.5, 0.6) is 0 Å². The van der Waals surface area contributed by atoms with Gasteiger partial charge in [-0.05, 0) is 19.9 Å². The molecule has 0 radical (unpaired) electrons. The number of anilines is 1. The Labute approximate surface area is 123 Å². The van der Waals surface area contributed by atoms with E-state index in [4.69, 9.17) is 9.63 Å². The summed E-state index contributed by atoms with van der Waals surface area (Å²) in [5.74, 6) is -0.0997. The Bertz CT molecular complexity index is 436. The Morgan fingerprint density at radius 2 is 2.15 bits per heavy atom. The molecule has 0 aliphatic heterocycles. The molecule has 8 heteroatoms. The minimum atomic E-state index is -0.888. The molecule has 2 N–H and O–H groups in total. The van der Waals surface area contributed by atoms with Gasteiger partial charge in [0.1, 0.15) is 5.76 Å². The van der Waals surface area contributed by atoms with Crippen LogP contribution < -0.4 is 5.32 Å². The van der Waals surface area contributed by atoms with Gasteiger partial charge in [0.2, 0.25) is 5.91 Å². The lowest BCUT2D eigenvalue weighted by atomic mass is 10.3. The molecule has 0 spiro atoms. The molecule has 0 aliphatic carbocycles. The van der Waals surface area contributed by atoms with Gasteiger partial charge in [-0.2, -0.15) is 0 Å². The van der Waals surface area contributed by atoms with Crippen LogP contribution in [0.25, 0.3) is 0 Å². The lowest BCUT2D eigenvalue weighted by molar-refractivity contribution is -0.138. The Morgan fingerprint density at radius 1 is 1.45 bits per heavy atom. The molecule has 1 heterocycles. The molecule has 0 saturated heterocycles. The first-order valence-electron chi connectivity index (χ1n) is 6.18. The summed E-state index contributed by atoms with van der Waals surface area (Å²) in [6, 6.07) is 1.62. The summed E-state index contributed by atoms with van der Waals surface area (Å²) in [7, 11) is 0. The molecule has 0 fully saturated rings. The van der Waals surface area contributed by atoms with Crippen LogP contribution in [0.15, 0.2) is 10.6 Å². The van der Waals surface area contributed by atoms with Crippen molar-refractivity contribution in [2.75, 3.05) is 25.0 Å². The first kappa shape index (κ1) is 18.4. The number of nitrogens with one attached hydrogen (secondary N) is 1. The summed E-state index contributed by atoms with van der Waals surface area (Å²) in [5.41, 5.74) is 0. The molecule has 1 aromatic heterocycles. The van der Waals surface area contributed by atoms with Crippen molar-refractivity contribution in [1.82, 2.24) is 10.1 Å². The highest BCUT2D eigenvalue weighted by atomic mass is 35.5. The molecular weight excluding hydrogens is 286 g/mol. The molecule has 7 nitrogen and oxygen atoms in total. The third-order valence-electron chi connectivity index (χ3n) is 2.45. The first-order chi connectivity index (χ1) is 9.01. The summed E-state index contributed by atoms with van der Waals surface area (Å²) >= 11 is 0. The molecule has 1 aromatic rings. The highest BCUT2D eigenvalue weighted by molar-refractivity contribution is 5.89. The van der Waals surface area contributed by atoms with E-state index in [1.807, 2.05) is 6.92 Å². The first-order valence-corrected chi connectivity index (χ1v) is 6.18. The van der Waals surface area contributed by atoms with Gasteiger partial charge < -0.3 is 14.9 Å². The van der Waals surface area contributed by atoms with Gasteiger partial charge in [-0.1, -0.05) is 12.1 Å². The van der Waals surface area contributed by atoms with Gasteiger partial charge in [-0.3, -0.25) is 14.5 Å². The molecule has 0 aromatic carbocycles. The lowest BCUT2D eigenvalue weighted by Gasteiger charge is -2.18. The topological polar surface area (TPSA) is 95.7 Å². The summed E-state index contributed by atoms with van der Waals surface area (Å²) in [5, 5.41) is 15.0. The normalized spacial score (nSPS) is 10.2. The number of carboxylic acid groups (broad SMARTS) is 1. The van der Waals surface area contributed by atoms with Crippen LogP contribution in [0.3, 0.4) is 0 Å². The van der Waals surface area contributed by atoms with Gasteiger partial charge in [0, 0.05) is 19.0 Å². The molecule has 114 valence electrons. The lowest BCUT2D eigenvalue weighted by Crippen LogP contribution is -2.33. The van der Waals surface area contributed by atoms with Crippen molar-refractivity contribution in [3.8, 4) is 0 Å². The number of aliphatic carboxylic acids is 1. The molecule has 0 saturated carbocycles. The van der Waals surface area contributed by atoms with Crippen LogP contribution in [0.2, 0.25) is 0 Å². The number of amides is 1. The summed E-state index contributed by atoms with van der Waals surface area (Å²) < 4.78 is 4.83. The van der Waals surface area contributed by atoms with Crippen LogP contribution in [0, 0.1) is 6.92 Å². The average Bonchev–Trinajstić information content (AvgIpc) is 2.71. The Hall–Kier alpha value is -1.60. The molecule has 0 atom stereocenters. The van der Waals surface area contributed by atoms with E-state index in [9.17, 15) is 9.59 Å². The highest BCUT2D eigenvalue weighted by Crippen LogP contribution is 2.07. The number of halogens is 1.